The van der Waals surface area contributed by atoms with Gasteiger partial charge in [-0.25, -0.2) is 11.7 Å². The fourth-order valence-electron chi connectivity index (χ4n) is 5.00. The first-order chi connectivity index (χ1) is 15.7. The average molecular weight is 570 g/mol. The number of carbonyl (C=O) groups is 2. The molecule has 0 aliphatic carbocycles. The van der Waals surface area contributed by atoms with E-state index < -0.39 is 11.6 Å². The summed E-state index contributed by atoms with van der Waals surface area (Å²) in [5.74, 6) is -1.51. The fraction of sp³-hybridized carbons (Fsp3) is 0.542. The van der Waals surface area contributed by atoms with Crippen molar-refractivity contribution in [1.29, 1.82) is 0 Å². The second-order valence-corrected chi connectivity index (χ2v) is 10.1. The highest BCUT2D eigenvalue weighted by Gasteiger charge is 2.33. The first-order valence-electron chi connectivity index (χ1n) is 11.5. The molecule has 0 spiro atoms. The number of aromatic nitrogens is 2. The van der Waals surface area contributed by atoms with E-state index in [1.165, 1.54) is 6.07 Å². The van der Waals surface area contributed by atoms with E-state index in [2.05, 4.69) is 28.0 Å². The molecule has 1 aromatic carbocycles. The van der Waals surface area contributed by atoms with Crippen molar-refractivity contribution in [3.05, 3.63) is 51.8 Å². The predicted molar refractivity (Wildman–Crippen MR) is 129 cm³/mol. The van der Waals surface area contributed by atoms with Gasteiger partial charge in [0.1, 0.15) is 0 Å². The third kappa shape index (κ3) is 4.52. The van der Waals surface area contributed by atoms with Gasteiger partial charge < -0.3 is 9.80 Å². The quantitative estimate of drug-likeness (QED) is 0.510. The van der Waals surface area contributed by atoms with Crippen LogP contribution in [-0.4, -0.2) is 49.2 Å². The van der Waals surface area contributed by atoms with Gasteiger partial charge in [-0.2, -0.15) is 5.10 Å². The van der Waals surface area contributed by atoms with Gasteiger partial charge in [-0.1, -0.05) is 26.8 Å². The Morgan fingerprint density at radius 1 is 1.15 bits per heavy atom. The number of amides is 2. The number of piperidine rings is 1. The van der Waals surface area contributed by atoms with Crippen LogP contribution in [0, 0.1) is 17.6 Å². The van der Waals surface area contributed by atoms with Crippen molar-refractivity contribution >= 4 is 34.7 Å². The number of carbonyl (C=O) groups excluding carboxylic acids is 2. The minimum absolute atomic E-state index is 0.0673. The van der Waals surface area contributed by atoms with Gasteiger partial charge in [0, 0.05) is 31.1 Å². The summed E-state index contributed by atoms with van der Waals surface area (Å²) in [5, 5.41) is 4.51. The van der Waals surface area contributed by atoms with Crippen LogP contribution >= 0.6 is 22.9 Å². The highest BCUT2D eigenvalue weighted by atomic mass is 127. The molecule has 2 aliphatic heterocycles. The standard InChI is InChI=1S/C24H29F2IN4O2/c1-4-16-17(5-6-19(25)21(16)26)15-7-10-29(11-8-15)24(33)22-18-9-12-30(23(32)14(2)3)13-20(18)31(27)28-22/h5-6,14-15H,4,7-13H2,1-3H3. The maximum Gasteiger partial charge on any atom is 0.274 e. The molecule has 4 rings (SSSR count). The van der Waals surface area contributed by atoms with Crippen molar-refractivity contribution in [2.45, 2.75) is 58.9 Å². The van der Waals surface area contributed by atoms with Gasteiger partial charge in [0.05, 0.1) is 35.1 Å². The highest BCUT2D eigenvalue weighted by Crippen LogP contribution is 2.34. The summed E-state index contributed by atoms with van der Waals surface area (Å²) in [4.78, 5) is 29.4. The molecule has 3 heterocycles. The zero-order valence-corrected chi connectivity index (χ0v) is 21.4. The summed E-state index contributed by atoms with van der Waals surface area (Å²) in [6, 6.07) is 2.89. The summed E-state index contributed by atoms with van der Waals surface area (Å²) >= 11 is 2.07. The molecule has 0 saturated carbocycles. The largest absolute Gasteiger partial charge is 0.337 e. The topological polar surface area (TPSA) is 58.4 Å². The van der Waals surface area contributed by atoms with Crippen LogP contribution in [0.4, 0.5) is 8.78 Å². The Labute approximate surface area is 206 Å². The number of hydrogen-bond acceptors (Lipinski definition) is 3. The van der Waals surface area contributed by atoms with Crippen molar-refractivity contribution in [3.63, 3.8) is 0 Å². The molecular formula is C24H29F2IN4O2. The monoisotopic (exact) mass is 570 g/mol. The number of benzene rings is 1. The number of nitrogens with zero attached hydrogens (tertiary/aromatic N) is 4. The van der Waals surface area contributed by atoms with Gasteiger partial charge in [-0.3, -0.25) is 9.59 Å². The molecule has 2 aliphatic rings. The van der Waals surface area contributed by atoms with Crippen LogP contribution in [0.15, 0.2) is 12.1 Å². The Morgan fingerprint density at radius 2 is 1.85 bits per heavy atom. The summed E-state index contributed by atoms with van der Waals surface area (Å²) in [5.41, 5.74) is 3.60. The molecule has 1 aromatic heterocycles. The summed E-state index contributed by atoms with van der Waals surface area (Å²) in [7, 11) is 0. The lowest BCUT2D eigenvalue weighted by molar-refractivity contribution is -0.135. The summed E-state index contributed by atoms with van der Waals surface area (Å²) in [6.07, 6.45) is 2.46. The second kappa shape index (κ2) is 9.68. The molecule has 0 bridgehead atoms. The molecule has 1 fully saturated rings. The smallest absolute Gasteiger partial charge is 0.274 e. The van der Waals surface area contributed by atoms with E-state index >= 15 is 0 Å². The average Bonchev–Trinajstić information content (AvgIpc) is 3.15. The molecule has 178 valence electrons. The zero-order valence-electron chi connectivity index (χ0n) is 19.2. The Balaban J connectivity index is 1.47. The maximum atomic E-state index is 14.3. The lowest BCUT2D eigenvalue weighted by Crippen LogP contribution is -2.40. The first kappa shape index (κ1) is 24.1. The van der Waals surface area contributed by atoms with Crippen molar-refractivity contribution in [1.82, 2.24) is 17.8 Å². The minimum atomic E-state index is -0.809. The molecule has 1 saturated heterocycles. The Hall–Kier alpha value is -2.04. The number of halogens is 3. The van der Waals surface area contributed by atoms with Gasteiger partial charge in [0.15, 0.2) is 17.3 Å². The zero-order chi connectivity index (χ0) is 23.9. The van der Waals surface area contributed by atoms with E-state index in [-0.39, 0.29) is 23.7 Å². The molecule has 2 aromatic rings. The molecule has 9 heteroatoms. The van der Waals surface area contributed by atoms with Gasteiger partial charge >= 0.3 is 0 Å². The van der Waals surface area contributed by atoms with E-state index in [1.807, 2.05) is 30.6 Å². The van der Waals surface area contributed by atoms with Crippen LogP contribution in [0.3, 0.4) is 0 Å². The predicted octanol–water partition coefficient (Wildman–Crippen LogP) is 4.48. The molecule has 0 unspecified atom stereocenters. The Kier molecular flexibility index (Phi) is 7.07. The number of likely N-dealkylation sites (tertiary alicyclic amines) is 1. The summed E-state index contributed by atoms with van der Waals surface area (Å²) < 4.78 is 29.6. The van der Waals surface area contributed by atoms with Crippen molar-refractivity contribution < 1.29 is 18.4 Å². The minimum Gasteiger partial charge on any atom is -0.337 e. The van der Waals surface area contributed by atoms with Crippen LogP contribution in [0.1, 0.15) is 72.4 Å². The highest BCUT2D eigenvalue weighted by molar-refractivity contribution is 14.1. The SMILES string of the molecule is CCc1c(C2CCN(C(=O)c3nn(I)c4c3CCN(C(=O)C(C)C)C4)CC2)ccc(F)c1F. The van der Waals surface area contributed by atoms with Gasteiger partial charge in [-0.05, 0) is 48.8 Å². The molecule has 2 amide bonds. The molecule has 33 heavy (non-hydrogen) atoms. The van der Waals surface area contributed by atoms with Crippen LogP contribution in [0.2, 0.25) is 0 Å². The van der Waals surface area contributed by atoms with E-state index in [1.54, 1.807) is 8.96 Å². The van der Waals surface area contributed by atoms with Crippen molar-refractivity contribution in [3.8, 4) is 0 Å². The van der Waals surface area contributed by atoms with E-state index in [0.29, 0.717) is 63.1 Å². The molecule has 0 atom stereocenters. The first-order valence-corrected chi connectivity index (χ1v) is 12.5. The second-order valence-electron chi connectivity index (χ2n) is 9.15. The van der Waals surface area contributed by atoms with Crippen LogP contribution < -0.4 is 0 Å². The van der Waals surface area contributed by atoms with Crippen molar-refractivity contribution in [2.24, 2.45) is 5.92 Å². The lowest BCUT2D eigenvalue weighted by Gasteiger charge is -2.33. The van der Waals surface area contributed by atoms with Gasteiger partial charge in [0.25, 0.3) is 5.91 Å². The van der Waals surface area contributed by atoms with Gasteiger partial charge in [0.2, 0.25) is 5.91 Å². The maximum absolute atomic E-state index is 14.3. The molecular weight excluding hydrogens is 541 g/mol. The van der Waals surface area contributed by atoms with Crippen LogP contribution in [0.5, 0.6) is 0 Å². The number of hydrogen-bond donors (Lipinski definition) is 0. The van der Waals surface area contributed by atoms with Crippen LogP contribution in [0.25, 0.3) is 0 Å². The molecule has 0 N–H and O–H groups in total. The normalized spacial score (nSPS) is 16.9. The van der Waals surface area contributed by atoms with E-state index in [9.17, 15) is 18.4 Å². The number of fused-ring (bicyclic) bond motifs is 1. The Morgan fingerprint density at radius 3 is 2.48 bits per heavy atom. The Bertz CT molecular complexity index is 1080. The molecule has 6 nitrogen and oxygen atoms in total. The third-order valence-electron chi connectivity index (χ3n) is 6.83. The van der Waals surface area contributed by atoms with Crippen molar-refractivity contribution in [2.75, 3.05) is 19.6 Å². The fourth-order valence-corrected chi connectivity index (χ4v) is 5.66. The van der Waals surface area contributed by atoms with Crippen LogP contribution in [-0.2, 0) is 24.2 Å². The van der Waals surface area contributed by atoms with Gasteiger partial charge in [-0.15, -0.1) is 0 Å². The van der Waals surface area contributed by atoms with E-state index in [4.69, 9.17) is 0 Å². The van der Waals surface area contributed by atoms with E-state index in [0.717, 1.165) is 16.8 Å². The lowest BCUT2D eigenvalue weighted by atomic mass is 9.85. The number of rotatable bonds is 4. The summed E-state index contributed by atoms with van der Waals surface area (Å²) in [6.45, 7) is 7.76. The molecule has 0 radical (unpaired) electrons. The third-order valence-corrected chi connectivity index (χ3v) is 7.63.